The van der Waals surface area contributed by atoms with E-state index in [4.69, 9.17) is 0 Å². The molecule has 1 aromatic heterocycles. The monoisotopic (exact) mass is 349 g/mol. The smallest absolute Gasteiger partial charge is 0.270 e. The summed E-state index contributed by atoms with van der Waals surface area (Å²) in [6.45, 7) is 1.76. The molecule has 1 atom stereocenters. The molecule has 6 nitrogen and oxygen atoms in total. The Bertz CT molecular complexity index is 673. The van der Waals surface area contributed by atoms with Gasteiger partial charge < -0.3 is 5.32 Å². The van der Waals surface area contributed by atoms with E-state index >= 15 is 0 Å². The van der Waals surface area contributed by atoms with Gasteiger partial charge in [-0.15, -0.1) is 0 Å². The summed E-state index contributed by atoms with van der Waals surface area (Å²) < 4.78 is 0.783. The number of carbonyl (C=O) groups excluding carboxylic acids is 1. The zero-order valence-electron chi connectivity index (χ0n) is 11.1. The first-order chi connectivity index (χ1) is 9.97. The van der Waals surface area contributed by atoms with Crippen molar-refractivity contribution in [2.45, 2.75) is 13.0 Å². The number of rotatable bonds is 4. The number of nitrogens with one attached hydrogen (secondary N) is 1. The second-order valence-corrected chi connectivity index (χ2v) is 5.32. The van der Waals surface area contributed by atoms with Gasteiger partial charge in [-0.1, -0.05) is 12.1 Å². The second kappa shape index (κ2) is 6.45. The zero-order valence-corrected chi connectivity index (χ0v) is 12.7. The minimum atomic E-state index is -0.464. The maximum Gasteiger partial charge on any atom is 0.270 e. The molecule has 21 heavy (non-hydrogen) atoms. The fraction of sp³-hybridized carbons (Fsp3) is 0.143. The van der Waals surface area contributed by atoms with Gasteiger partial charge in [0.1, 0.15) is 5.69 Å². The summed E-state index contributed by atoms with van der Waals surface area (Å²) in [6, 6.07) is 9.14. The lowest BCUT2D eigenvalue weighted by molar-refractivity contribution is -0.384. The molecule has 1 amide bonds. The SMILES string of the molecule is CC(NC(=O)c1ccc(Br)cn1)c1cccc([N+](=O)[O-])c1. The van der Waals surface area contributed by atoms with Crippen LogP contribution in [0.3, 0.4) is 0 Å². The topological polar surface area (TPSA) is 85.1 Å². The molecular formula is C14H12BrN3O3. The van der Waals surface area contributed by atoms with Crippen molar-refractivity contribution in [1.82, 2.24) is 10.3 Å². The zero-order chi connectivity index (χ0) is 15.4. The molecule has 2 rings (SSSR count). The molecule has 7 heteroatoms. The normalized spacial score (nSPS) is 11.7. The summed E-state index contributed by atoms with van der Waals surface area (Å²) in [6.07, 6.45) is 1.53. The van der Waals surface area contributed by atoms with Gasteiger partial charge in [-0.3, -0.25) is 14.9 Å². The van der Waals surface area contributed by atoms with Crippen molar-refractivity contribution in [1.29, 1.82) is 0 Å². The van der Waals surface area contributed by atoms with Gasteiger partial charge in [-0.2, -0.15) is 0 Å². The van der Waals surface area contributed by atoms with Crippen LogP contribution in [-0.4, -0.2) is 15.8 Å². The van der Waals surface area contributed by atoms with Crippen LogP contribution in [-0.2, 0) is 0 Å². The van der Waals surface area contributed by atoms with Crippen LogP contribution in [0.4, 0.5) is 5.69 Å². The average Bonchev–Trinajstić information content (AvgIpc) is 2.48. The second-order valence-electron chi connectivity index (χ2n) is 4.41. The average molecular weight is 350 g/mol. The number of carbonyl (C=O) groups is 1. The molecule has 1 heterocycles. The van der Waals surface area contributed by atoms with Crippen LogP contribution in [0.25, 0.3) is 0 Å². The van der Waals surface area contributed by atoms with Gasteiger partial charge >= 0.3 is 0 Å². The van der Waals surface area contributed by atoms with Gasteiger partial charge in [-0.05, 0) is 40.5 Å². The van der Waals surface area contributed by atoms with Gasteiger partial charge in [0.15, 0.2) is 0 Å². The quantitative estimate of drug-likeness (QED) is 0.678. The van der Waals surface area contributed by atoms with E-state index in [1.54, 1.807) is 31.2 Å². The fourth-order valence-electron chi connectivity index (χ4n) is 1.77. The lowest BCUT2D eigenvalue weighted by atomic mass is 10.1. The molecule has 0 aliphatic heterocycles. The third-order valence-corrected chi connectivity index (χ3v) is 3.36. The molecule has 0 saturated heterocycles. The molecule has 1 aromatic carbocycles. The Hall–Kier alpha value is -2.28. The van der Waals surface area contributed by atoms with E-state index in [1.165, 1.54) is 18.3 Å². The minimum absolute atomic E-state index is 0.00429. The van der Waals surface area contributed by atoms with Crippen LogP contribution in [0.5, 0.6) is 0 Å². The van der Waals surface area contributed by atoms with Crippen LogP contribution in [0.15, 0.2) is 47.1 Å². The lowest BCUT2D eigenvalue weighted by Crippen LogP contribution is -2.27. The van der Waals surface area contributed by atoms with Crippen LogP contribution in [0.2, 0.25) is 0 Å². The Labute approximate surface area is 129 Å². The van der Waals surface area contributed by atoms with E-state index in [-0.39, 0.29) is 23.3 Å². The van der Waals surface area contributed by atoms with Gasteiger partial charge in [-0.25, -0.2) is 4.98 Å². The number of non-ortho nitro benzene ring substituents is 1. The van der Waals surface area contributed by atoms with Crippen molar-refractivity contribution in [2.24, 2.45) is 0 Å². The molecule has 2 aromatic rings. The van der Waals surface area contributed by atoms with Crippen molar-refractivity contribution < 1.29 is 9.72 Å². The first-order valence-electron chi connectivity index (χ1n) is 6.14. The van der Waals surface area contributed by atoms with Gasteiger partial charge in [0.2, 0.25) is 0 Å². The molecule has 0 aliphatic carbocycles. The lowest BCUT2D eigenvalue weighted by Gasteiger charge is -2.13. The highest BCUT2D eigenvalue weighted by Gasteiger charge is 2.14. The number of nitro benzene ring substituents is 1. The number of nitro groups is 1. The van der Waals surface area contributed by atoms with Gasteiger partial charge in [0.05, 0.1) is 11.0 Å². The highest BCUT2D eigenvalue weighted by molar-refractivity contribution is 9.10. The first kappa shape index (κ1) is 15.1. The van der Waals surface area contributed by atoms with E-state index in [9.17, 15) is 14.9 Å². The van der Waals surface area contributed by atoms with Crippen LogP contribution in [0.1, 0.15) is 29.0 Å². The van der Waals surface area contributed by atoms with Crippen LogP contribution >= 0.6 is 15.9 Å². The number of amides is 1. The van der Waals surface area contributed by atoms with E-state index < -0.39 is 4.92 Å². The third kappa shape index (κ3) is 3.85. The Morgan fingerprint density at radius 1 is 1.38 bits per heavy atom. The molecule has 0 spiro atoms. The summed E-state index contributed by atoms with van der Waals surface area (Å²) in [4.78, 5) is 26.3. The van der Waals surface area contributed by atoms with Gasteiger partial charge in [0, 0.05) is 22.8 Å². The van der Waals surface area contributed by atoms with E-state index in [2.05, 4.69) is 26.2 Å². The third-order valence-electron chi connectivity index (χ3n) is 2.89. The Morgan fingerprint density at radius 2 is 2.14 bits per heavy atom. The number of pyridine rings is 1. The van der Waals surface area contributed by atoms with Crippen LogP contribution < -0.4 is 5.32 Å². The number of nitrogens with zero attached hydrogens (tertiary/aromatic N) is 2. The molecule has 1 N–H and O–H groups in total. The Morgan fingerprint density at radius 3 is 2.76 bits per heavy atom. The van der Waals surface area contributed by atoms with E-state index in [0.29, 0.717) is 5.56 Å². The van der Waals surface area contributed by atoms with Crippen molar-refractivity contribution in [2.75, 3.05) is 0 Å². The highest BCUT2D eigenvalue weighted by atomic mass is 79.9. The van der Waals surface area contributed by atoms with Gasteiger partial charge in [0.25, 0.3) is 11.6 Å². The number of hydrogen-bond donors (Lipinski definition) is 1. The minimum Gasteiger partial charge on any atom is -0.344 e. The van der Waals surface area contributed by atoms with Crippen molar-refractivity contribution in [3.8, 4) is 0 Å². The van der Waals surface area contributed by atoms with E-state index in [1.807, 2.05) is 0 Å². The van der Waals surface area contributed by atoms with Crippen molar-refractivity contribution in [3.63, 3.8) is 0 Å². The highest BCUT2D eigenvalue weighted by Crippen LogP contribution is 2.19. The summed E-state index contributed by atoms with van der Waals surface area (Å²) in [5.41, 5.74) is 0.945. The van der Waals surface area contributed by atoms with Crippen LogP contribution in [0, 0.1) is 10.1 Å². The summed E-state index contributed by atoms with van der Waals surface area (Å²) in [5.74, 6) is -0.332. The van der Waals surface area contributed by atoms with Crippen molar-refractivity contribution >= 4 is 27.5 Å². The summed E-state index contributed by atoms with van der Waals surface area (Å²) in [5, 5.41) is 13.5. The Kier molecular flexibility index (Phi) is 4.64. The Balaban J connectivity index is 2.12. The maximum absolute atomic E-state index is 12.0. The van der Waals surface area contributed by atoms with Crippen molar-refractivity contribution in [3.05, 3.63) is 68.4 Å². The molecule has 1 unspecified atom stereocenters. The molecule has 0 saturated carbocycles. The molecule has 0 radical (unpaired) electrons. The molecule has 108 valence electrons. The first-order valence-corrected chi connectivity index (χ1v) is 6.93. The number of aromatic nitrogens is 1. The summed E-state index contributed by atoms with van der Waals surface area (Å²) in [7, 11) is 0. The molecule has 0 bridgehead atoms. The predicted molar refractivity (Wildman–Crippen MR) is 80.9 cm³/mol. The molecule has 0 aliphatic rings. The molecular weight excluding hydrogens is 338 g/mol. The number of halogens is 1. The summed E-state index contributed by atoms with van der Waals surface area (Å²) >= 11 is 3.25. The number of benzene rings is 1. The largest absolute Gasteiger partial charge is 0.344 e. The molecule has 0 fully saturated rings. The number of hydrogen-bond acceptors (Lipinski definition) is 4. The predicted octanol–water partition coefficient (Wildman–Crippen LogP) is 3.24. The fourth-order valence-corrected chi connectivity index (χ4v) is 2.01. The standard InChI is InChI=1S/C14H12BrN3O3/c1-9(10-3-2-4-12(7-10)18(20)21)17-14(19)13-6-5-11(15)8-16-13/h2-9H,1H3,(H,17,19). The van der Waals surface area contributed by atoms with E-state index in [0.717, 1.165) is 4.47 Å². The maximum atomic E-state index is 12.0.